The number of amides is 1. The second-order valence-corrected chi connectivity index (χ2v) is 7.10. The molecule has 1 N–H and O–H groups in total. The van der Waals surface area contributed by atoms with Crippen molar-refractivity contribution in [2.24, 2.45) is 11.0 Å². The molecule has 0 bridgehead atoms. The summed E-state index contributed by atoms with van der Waals surface area (Å²) in [5, 5.41) is 9.67. The number of carbonyl (C=O) groups is 1. The van der Waals surface area contributed by atoms with E-state index in [1.165, 1.54) is 10.6 Å². The van der Waals surface area contributed by atoms with Gasteiger partial charge in [0.15, 0.2) is 0 Å². The van der Waals surface area contributed by atoms with E-state index in [4.69, 9.17) is 0 Å². The summed E-state index contributed by atoms with van der Waals surface area (Å²) in [7, 11) is 0. The zero-order valence-electron chi connectivity index (χ0n) is 16.0. The van der Waals surface area contributed by atoms with E-state index in [0.29, 0.717) is 0 Å². The minimum atomic E-state index is -0.371. The van der Waals surface area contributed by atoms with Gasteiger partial charge in [-0.1, -0.05) is 66.2 Å². The Kier molecular flexibility index (Phi) is 4.94. The fourth-order valence-electron chi connectivity index (χ4n) is 3.57. The Morgan fingerprint density at radius 1 is 0.857 bits per heavy atom. The van der Waals surface area contributed by atoms with Crippen LogP contribution in [0.2, 0.25) is 0 Å². The van der Waals surface area contributed by atoms with E-state index >= 15 is 0 Å². The molecule has 4 nitrogen and oxygen atoms in total. The smallest absolute Gasteiger partial charge is 0.258 e. The quantitative estimate of drug-likeness (QED) is 0.673. The Bertz CT molecular complexity index is 981. The highest BCUT2D eigenvalue weighted by atomic mass is 16.2. The van der Waals surface area contributed by atoms with Crippen LogP contribution in [-0.2, 0) is 4.79 Å². The summed E-state index contributed by atoms with van der Waals surface area (Å²) in [6.45, 7) is 3.99. The Hall–Kier alpha value is -3.40. The van der Waals surface area contributed by atoms with Crippen LogP contribution in [0.5, 0.6) is 0 Å². The summed E-state index contributed by atoms with van der Waals surface area (Å²) in [5.41, 5.74) is 4.84. The maximum Gasteiger partial charge on any atom is 0.258 e. The summed E-state index contributed by atoms with van der Waals surface area (Å²) in [4.78, 5) is 13.3. The van der Waals surface area contributed by atoms with Gasteiger partial charge < -0.3 is 5.32 Å². The van der Waals surface area contributed by atoms with Crippen LogP contribution >= 0.6 is 0 Å². The Morgan fingerprint density at radius 3 is 2.11 bits per heavy atom. The summed E-state index contributed by atoms with van der Waals surface area (Å²) in [6, 6.07) is 27.7. The Labute approximate surface area is 165 Å². The molecule has 3 aromatic rings. The molecule has 0 fully saturated rings. The molecule has 1 amide bonds. The van der Waals surface area contributed by atoms with Gasteiger partial charge in [-0.05, 0) is 43.7 Å². The van der Waals surface area contributed by atoms with Crippen molar-refractivity contribution in [3.05, 3.63) is 96.1 Å². The third-order valence-corrected chi connectivity index (χ3v) is 5.05. The van der Waals surface area contributed by atoms with Gasteiger partial charge in [-0.15, -0.1) is 0 Å². The molecule has 1 heterocycles. The second kappa shape index (κ2) is 7.69. The molecule has 1 aliphatic heterocycles. The monoisotopic (exact) mass is 369 g/mol. The maximum absolute atomic E-state index is 13.3. The number of aryl methyl sites for hydroxylation is 1. The molecule has 140 valence electrons. The first kappa shape index (κ1) is 18.0. The number of hydrogen-bond donors (Lipinski definition) is 1. The summed E-state index contributed by atoms with van der Waals surface area (Å²) >= 11 is 0. The fourth-order valence-corrected chi connectivity index (χ4v) is 3.57. The number of benzene rings is 3. The first-order valence-electron chi connectivity index (χ1n) is 9.46. The van der Waals surface area contributed by atoms with Crippen LogP contribution in [-0.4, -0.2) is 11.6 Å². The highest BCUT2D eigenvalue weighted by Gasteiger charge is 2.40. The minimum absolute atomic E-state index is 0.0165. The predicted molar refractivity (Wildman–Crippen MR) is 115 cm³/mol. The van der Waals surface area contributed by atoms with Gasteiger partial charge in [0.25, 0.3) is 5.91 Å². The zero-order valence-corrected chi connectivity index (χ0v) is 16.0. The van der Waals surface area contributed by atoms with Crippen LogP contribution in [0, 0.1) is 12.8 Å². The zero-order chi connectivity index (χ0) is 19.5. The average Bonchev–Trinajstić information content (AvgIpc) is 3.03. The van der Waals surface area contributed by atoms with Gasteiger partial charge in [0.05, 0.1) is 17.4 Å². The molecule has 0 aromatic heterocycles. The van der Waals surface area contributed by atoms with Crippen molar-refractivity contribution in [1.82, 2.24) is 0 Å². The van der Waals surface area contributed by atoms with Crippen LogP contribution in [0.15, 0.2) is 90.0 Å². The van der Waals surface area contributed by atoms with Crippen molar-refractivity contribution in [2.75, 3.05) is 10.3 Å². The molecule has 3 aromatic carbocycles. The number of nitrogens with one attached hydrogen (secondary N) is 1. The van der Waals surface area contributed by atoms with Crippen LogP contribution in [0.3, 0.4) is 0 Å². The lowest BCUT2D eigenvalue weighted by Gasteiger charge is -2.26. The molecule has 0 spiro atoms. The lowest BCUT2D eigenvalue weighted by atomic mass is 9.89. The van der Waals surface area contributed by atoms with Crippen LogP contribution in [0.4, 0.5) is 11.4 Å². The second-order valence-electron chi connectivity index (χ2n) is 7.10. The molecule has 0 aliphatic carbocycles. The number of carbonyl (C=O) groups excluding carboxylic acids is 1. The number of para-hydroxylation sites is 1. The standard InChI is InChI=1S/C24H23N3O/c1-17-13-15-20(16-14-17)25-23(19-9-5-3-6-10-19)22-18(2)26-27(24(22)28)21-11-7-4-8-12-21/h3-16,22-23,25H,1-2H3. The van der Waals surface area contributed by atoms with Crippen molar-refractivity contribution >= 4 is 23.0 Å². The number of nitrogens with zero attached hydrogens (tertiary/aromatic N) is 2. The average molecular weight is 369 g/mol. The van der Waals surface area contributed by atoms with Crippen molar-refractivity contribution < 1.29 is 4.79 Å². The number of hydrogen-bond acceptors (Lipinski definition) is 3. The van der Waals surface area contributed by atoms with Crippen molar-refractivity contribution in [3.8, 4) is 0 Å². The summed E-state index contributed by atoms with van der Waals surface area (Å²) < 4.78 is 0. The van der Waals surface area contributed by atoms with Crippen molar-refractivity contribution in [1.29, 1.82) is 0 Å². The highest BCUT2D eigenvalue weighted by molar-refractivity contribution is 6.15. The molecule has 0 saturated carbocycles. The maximum atomic E-state index is 13.3. The predicted octanol–water partition coefficient (Wildman–Crippen LogP) is 5.19. The normalized spacial score (nSPS) is 17.4. The van der Waals surface area contributed by atoms with E-state index in [1.54, 1.807) is 0 Å². The molecule has 0 radical (unpaired) electrons. The largest absolute Gasteiger partial charge is 0.377 e. The van der Waals surface area contributed by atoms with E-state index in [2.05, 4.69) is 41.6 Å². The van der Waals surface area contributed by atoms with Gasteiger partial charge in [0.1, 0.15) is 5.92 Å². The molecule has 4 rings (SSSR count). The van der Waals surface area contributed by atoms with Crippen LogP contribution in [0.1, 0.15) is 24.1 Å². The topological polar surface area (TPSA) is 44.7 Å². The van der Waals surface area contributed by atoms with Gasteiger partial charge in [-0.25, -0.2) is 5.01 Å². The Balaban J connectivity index is 1.69. The summed E-state index contributed by atoms with van der Waals surface area (Å²) in [5.74, 6) is -0.388. The molecular formula is C24H23N3O. The van der Waals surface area contributed by atoms with Crippen LogP contribution in [0.25, 0.3) is 0 Å². The number of hydrazone groups is 1. The molecule has 2 unspecified atom stereocenters. The molecule has 28 heavy (non-hydrogen) atoms. The lowest BCUT2D eigenvalue weighted by Crippen LogP contribution is -2.34. The minimum Gasteiger partial charge on any atom is -0.377 e. The number of anilines is 2. The molecule has 1 aliphatic rings. The van der Waals surface area contributed by atoms with E-state index in [1.807, 2.05) is 67.6 Å². The third kappa shape index (κ3) is 3.54. The van der Waals surface area contributed by atoms with Gasteiger partial charge in [0, 0.05) is 5.69 Å². The van der Waals surface area contributed by atoms with Gasteiger partial charge in [0.2, 0.25) is 0 Å². The SMILES string of the molecule is CC1=NN(c2ccccc2)C(=O)C1C(Nc1ccc(C)cc1)c1ccccc1. The van der Waals surface area contributed by atoms with Crippen molar-refractivity contribution in [3.63, 3.8) is 0 Å². The van der Waals surface area contributed by atoms with E-state index < -0.39 is 0 Å². The Morgan fingerprint density at radius 2 is 1.46 bits per heavy atom. The lowest BCUT2D eigenvalue weighted by molar-refractivity contribution is -0.120. The first-order chi connectivity index (χ1) is 13.6. The number of rotatable bonds is 5. The molecule has 0 saturated heterocycles. The van der Waals surface area contributed by atoms with Crippen LogP contribution < -0.4 is 10.3 Å². The van der Waals surface area contributed by atoms with Gasteiger partial charge in [-0.3, -0.25) is 4.79 Å². The molecule has 4 heteroatoms. The third-order valence-electron chi connectivity index (χ3n) is 5.05. The van der Waals surface area contributed by atoms with Gasteiger partial charge in [-0.2, -0.15) is 5.10 Å². The van der Waals surface area contributed by atoms with E-state index in [-0.39, 0.29) is 17.9 Å². The van der Waals surface area contributed by atoms with Gasteiger partial charge >= 0.3 is 0 Å². The first-order valence-corrected chi connectivity index (χ1v) is 9.46. The summed E-state index contributed by atoms with van der Waals surface area (Å²) in [6.07, 6.45) is 0. The molecule has 2 atom stereocenters. The molecular weight excluding hydrogens is 346 g/mol. The van der Waals surface area contributed by atoms with E-state index in [9.17, 15) is 4.79 Å². The van der Waals surface area contributed by atoms with E-state index in [0.717, 1.165) is 22.6 Å². The van der Waals surface area contributed by atoms with Crippen molar-refractivity contribution in [2.45, 2.75) is 19.9 Å². The fraction of sp³-hybridized carbons (Fsp3) is 0.167. The highest BCUT2D eigenvalue weighted by Crippen LogP contribution is 2.34.